The number of imidazole rings is 1. The molecule has 7 heteroatoms. The van der Waals surface area contributed by atoms with Gasteiger partial charge >= 0.3 is 0 Å². The Morgan fingerprint density at radius 2 is 1.90 bits per heavy atom. The molecule has 20 heavy (non-hydrogen) atoms. The van der Waals surface area contributed by atoms with Gasteiger partial charge in [-0.3, -0.25) is 0 Å². The molecule has 3 rings (SSSR count). The van der Waals surface area contributed by atoms with Gasteiger partial charge < -0.3 is 10.1 Å². The van der Waals surface area contributed by atoms with Crippen molar-refractivity contribution in [2.24, 2.45) is 0 Å². The van der Waals surface area contributed by atoms with E-state index in [1.807, 2.05) is 0 Å². The minimum Gasteiger partial charge on any atom is -0.506 e. The van der Waals surface area contributed by atoms with Gasteiger partial charge in [0.25, 0.3) is 0 Å². The number of nitrogens with zero attached hydrogens (tertiary/aromatic N) is 1. The lowest BCUT2D eigenvalue weighted by molar-refractivity contribution is 0.477. The Morgan fingerprint density at radius 3 is 2.60 bits per heavy atom. The Hall–Kier alpha value is -1.49. The van der Waals surface area contributed by atoms with Crippen LogP contribution >= 0.6 is 34.8 Å². The van der Waals surface area contributed by atoms with Crippen molar-refractivity contribution in [3.63, 3.8) is 0 Å². The smallest absolute Gasteiger partial charge is 0.151 e. The number of H-pyrrole nitrogens is 1. The molecule has 2 aromatic carbocycles. The van der Waals surface area contributed by atoms with E-state index in [4.69, 9.17) is 34.8 Å². The molecule has 0 unspecified atom stereocenters. The van der Waals surface area contributed by atoms with E-state index < -0.39 is 5.82 Å². The van der Waals surface area contributed by atoms with E-state index in [2.05, 4.69) is 9.97 Å². The van der Waals surface area contributed by atoms with Gasteiger partial charge in [0.2, 0.25) is 0 Å². The van der Waals surface area contributed by atoms with Gasteiger partial charge in [0.15, 0.2) is 5.82 Å². The molecule has 0 atom stereocenters. The van der Waals surface area contributed by atoms with E-state index in [1.54, 1.807) is 12.1 Å². The molecule has 0 aliphatic heterocycles. The first-order valence-electron chi connectivity index (χ1n) is 5.50. The highest BCUT2D eigenvalue weighted by molar-refractivity contribution is 6.45. The first-order valence-corrected chi connectivity index (χ1v) is 6.63. The largest absolute Gasteiger partial charge is 0.506 e. The van der Waals surface area contributed by atoms with Crippen molar-refractivity contribution < 1.29 is 9.50 Å². The molecule has 2 N–H and O–H groups in total. The van der Waals surface area contributed by atoms with Crippen LogP contribution in [0.5, 0.6) is 5.75 Å². The average Bonchev–Trinajstić information content (AvgIpc) is 2.82. The van der Waals surface area contributed by atoms with E-state index in [0.29, 0.717) is 5.52 Å². The summed E-state index contributed by atoms with van der Waals surface area (Å²) in [6, 6.07) is 5.82. The molecule has 1 heterocycles. The van der Waals surface area contributed by atoms with Gasteiger partial charge in [-0.15, -0.1) is 0 Å². The third-order valence-electron chi connectivity index (χ3n) is 2.85. The molecule has 0 saturated carbocycles. The van der Waals surface area contributed by atoms with Crippen LogP contribution in [-0.4, -0.2) is 15.1 Å². The molecule has 0 radical (unpaired) electrons. The lowest BCUT2D eigenvalue weighted by Crippen LogP contribution is -1.86. The normalized spacial score (nSPS) is 11.2. The van der Waals surface area contributed by atoms with E-state index in [1.165, 1.54) is 12.1 Å². The minimum absolute atomic E-state index is 0.0373. The number of phenols is 1. The van der Waals surface area contributed by atoms with E-state index in [-0.39, 0.29) is 37.7 Å². The van der Waals surface area contributed by atoms with Crippen molar-refractivity contribution >= 4 is 45.8 Å². The number of hydrogen-bond donors (Lipinski definition) is 2. The molecule has 1 aromatic heterocycles. The summed E-state index contributed by atoms with van der Waals surface area (Å²) in [5.74, 6) is -0.550. The summed E-state index contributed by atoms with van der Waals surface area (Å²) in [6.45, 7) is 0. The Balaban J connectivity index is 2.34. The Kier molecular flexibility index (Phi) is 3.24. The zero-order chi connectivity index (χ0) is 14.4. The molecule has 0 amide bonds. The van der Waals surface area contributed by atoms with Crippen LogP contribution in [0.4, 0.5) is 4.39 Å². The van der Waals surface area contributed by atoms with Gasteiger partial charge in [-0.2, -0.15) is 0 Å². The molecule has 0 bridgehead atoms. The number of benzene rings is 2. The number of halogens is 4. The molecule has 0 saturated heterocycles. The van der Waals surface area contributed by atoms with Crippen LogP contribution in [0.2, 0.25) is 15.1 Å². The topological polar surface area (TPSA) is 48.9 Å². The zero-order valence-electron chi connectivity index (χ0n) is 9.72. The monoisotopic (exact) mass is 330 g/mol. The van der Waals surface area contributed by atoms with Crippen molar-refractivity contribution in [2.75, 3.05) is 0 Å². The summed E-state index contributed by atoms with van der Waals surface area (Å²) in [6.07, 6.45) is 0. The number of hydrogen-bond acceptors (Lipinski definition) is 2. The van der Waals surface area contributed by atoms with Gasteiger partial charge in [0.1, 0.15) is 17.1 Å². The number of aromatic amines is 1. The number of aromatic nitrogens is 2. The third-order valence-corrected chi connectivity index (χ3v) is 3.92. The number of para-hydroxylation sites is 1. The number of rotatable bonds is 1. The maximum absolute atomic E-state index is 13.6. The first kappa shape index (κ1) is 13.5. The second-order valence-electron chi connectivity index (χ2n) is 4.10. The predicted octanol–water partition coefficient (Wildman–Crippen LogP) is 5.03. The SMILES string of the molecule is Oc1c(Cl)cc(Cl)c(Cl)c1-c1nc2c(F)cccc2[nH]1. The Morgan fingerprint density at radius 1 is 1.15 bits per heavy atom. The Bertz CT molecular complexity index is 806. The number of nitrogens with one attached hydrogen (secondary N) is 1. The number of fused-ring (bicyclic) bond motifs is 1. The number of phenolic OH excluding ortho intramolecular Hbond substituents is 1. The summed E-state index contributed by atoms with van der Waals surface area (Å²) in [5.41, 5.74) is 0.764. The number of aromatic hydroxyl groups is 1. The van der Waals surface area contributed by atoms with Crippen molar-refractivity contribution in [1.82, 2.24) is 9.97 Å². The maximum Gasteiger partial charge on any atom is 0.151 e. The van der Waals surface area contributed by atoms with Crippen LogP contribution < -0.4 is 0 Å². The van der Waals surface area contributed by atoms with Crippen LogP contribution in [0.1, 0.15) is 0 Å². The summed E-state index contributed by atoms with van der Waals surface area (Å²) < 4.78 is 13.6. The summed E-state index contributed by atoms with van der Waals surface area (Å²) in [5, 5.41) is 10.3. The second kappa shape index (κ2) is 4.81. The van der Waals surface area contributed by atoms with Crippen LogP contribution in [0.25, 0.3) is 22.4 Å². The fourth-order valence-electron chi connectivity index (χ4n) is 1.92. The molecule has 102 valence electrons. The van der Waals surface area contributed by atoms with Gasteiger partial charge in [0, 0.05) is 0 Å². The molecule has 0 fully saturated rings. The minimum atomic E-state index is -0.478. The fourth-order valence-corrected chi connectivity index (χ4v) is 2.61. The van der Waals surface area contributed by atoms with Gasteiger partial charge in [0.05, 0.1) is 26.1 Å². The predicted molar refractivity (Wildman–Crippen MR) is 78.2 cm³/mol. The standard InChI is InChI=1S/C13H6Cl3FN2O/c14-5-4-6(15)12(20)9(10(5)16)13-18-8-3-1-2-7(17)11(8)19-13/h1-4,20H,(H,18,19). The van der Waals surface area contributed by atoms with E-state index in [0.717, 1.165) is 0 Å². The van der Waals surface area contributed by atoms with Crippen molar-refractivity contribution in [3.05, 3.63) is 45.2 Å². The molecular weight excluding hydrogens is 326 g/mol. The highest BCUT2D eigenvalue weighted by atomic mass is 35.5. The maximum atomic E-state index is 13.6. The van der Waals surface area contributed by atoms with Crippen LogP contribution in [0, 0.1) is 5.82 Å². The van der Waals surface area contributed by atoms with Gasteiger partial charge in [-0.1, -0.05) is 40.9 Å². The van der Waals surface area contributed by atoms with E-state index >= 15 is 0 Å². The highest BCUT2D eigenvalue weighted by Gasteiger charge is 2.20. The summed E-state index contributed by atoms with van der Waals surface area (Å²) in [7, 11) is 0. The molecule has 0 aliphatic carbocycles. The highest BCUT2D eigenvalue weighted by Crippen LogP contribution is 2.44. The Labute approximate surface area is 127 Å². The average molecular weight is 332 g/mol. The van der Waals surface area contributed by atoms with Crippen LogP contribution in [0.3, 0.4) is 0 Å². The van der Waals surface area contributed by atoms with E-state index in [9.17, 15) is 9.50 Å². The lowest BCUT2D eigenvalue weighted by atomic mass is 10.2. The molecular formula is C13H6Cl3FN2O. The second-order valence-corrected chi connectivity index (χ2v) is 5.29. The lowest BCUT2D eigenvalue weighted by Gasteiger charge is -2.07. The molecule has 0 aliphatic rings. The van der Waals surface area contributed by atoms with Crippen molar-refractivity contribution in [3.8, 4) is 17.1 Å². The van der Waals surface area contributed by atoms with Gasteiger partial charge in [-0.25, -0.2) is 9.37 Å². The third kappa shape index (κ3) is 2.00. The van der Waals surface area contributed by atoms with Crippen molar-refractivity contribution in [2.45, 2.75) is 0 Å². The first-order chi connectivity index (χ1) is 9.49. The van der Waals surface area contributed by atoms with Crippen LogP contribution in [0.15, 0.2) is 24.3 Å². The molecule has 3 nitrogen and oxygen atoms in total. The van der Waals surface area contributed by atoms with Crippen molar-refractivity contribution in [1.29, 1.82) is 0 Å². The summed E-state index contributed by atoms with van der Waals surface area (Å²) in [4.78, 5) is 6.97. The quantitative estimate of drug-likeness (QED) is 0.614. The molecule has 3 aromatic rings. The fraction of sp³-hybridized carbons (Fsp3) is 0. The molecule has 0 spiro atoms. The summed E-state index contributed by atoms with van der Waals surface area (Å²) >= 11 is 17.9. The van der Waals surface area contributed by atoms with Gasteiger partial charge in [-0.05, 0) is 18.2 Å². The zero-order valence-corrected chi connectivity index (χ0v) is 12.0. The van der Waals surface area contributed by atoms with Crippen LogP contribution in [-0.2, 0) is 0 Å².